The van der Waals surface area contributed by atoms with Gasteiger partial charge in [-0.1, -0.05) is 42.0 Å². The molecule has 3 rings (SSSR count). The zero-order valence-electron chi connectivity index (χ0n) is 11.9. The van der Waals surface area contributed by atoms with E-state index >= 15 is 0 Å². The van der Waals surface area contributed by atoms with Crippen molar-refractivity contribution in [2.75, 3.05) is 5.32 Å². The Morgan fingerprint density at radius 2 is 1.70 bits per heavy atom. The molecule has 2 heteroatoms. The molecule has 0 saturated heterocycles. The summed E-state index contributed by atoms with van der Waals surface area (Å²) in [6.45, 7) is 4.10. The summed E-state index contributed by atoms with van der Waals surface area (Å²) in [7, 11) is 0. The first kappa shape index (κ1) is 12.9. The second kappa shape index (κ2) is 5.12. The first-order chi connectivity index (χ1) is 9.63. The average Bonchev–Trinajstić information content (AvgIpc) is 2.86. The molecule has 0 aliphatic heterocycles. The van der Waals surface area contributed by atoms with Crippen LogP contribution in [0.1, 0.15) is 22.3 Å². The first-order valence-corrected chi connectivity index (χ1v) is 7.08. The second-order valence-corrected chi connectivity index (χ2v) is 5.68. The smallest absolute Gasteiger partial charge is 0.228 e. The van der Waals surface area contributed by atoms with Crippen molar-refractivity contribution in [3.63, 3.8) is 0 Å². The third-order valence-electron chi connectivity index (χ3n) is 4.06. The van der Waals surface area contributed by atoms with Gasteiger partial charge in [0.25, 0.3) is 0 Å². The van der Waals surface area contributed by atoms with Gasteiger partial charge in [-0.3, -0.25) is 4.79 Å². The van der Waals surface area contributed by atoms with Gasteiger partial charge in [-0.05, 0) is 49.4 Å². The SMILES string of the molecule is Cc1ccc(NC(=O)C2Cc3ccccc3C2)c(C)c1. The van der Waals surface area contributed by atoms with Gasteiger partial charge in [-0.25, -0.2) is 0 Å². The third kappa shape index (κ3) is 2.46. The summed E-state index contributed by atoms with van der Waals surface area (Å²) in [5, 5.41) is 3.08. The van der Waals surface area contributed by atoms with Crippen LogP contribution in [0.25, 0.3) is 0 Å². The Hall–Kier alpha value is -2.09. The molecule has 0 saturated carbocycles. The highest BCUT2D eigenvalue weighted by molar-refractivity contribution is 5.94. The van der Waals surface area contributed by atoms with Crippen molar-refractivity contribution in [3.05, 3.63) is 64.7 Å². The highest BCUT2D eigenvalue weighted by atomic mass is 16.1. The van der Waals surface area contributed by atoms with E-state index in [9.17, 15) is 4.79 Å². The molecule has 0 bridgehead atoms. The van der Waals surface area contributed by atoms with Crippen molar-refractivity contribution in [2.45, 2.75) is 26.7 Å². The zero-order valence-corrected chi connectivity index (χ0v) is 11.9. The molecular formula is C18H19NO. The Morgan fingerprint density at radius 3 is 2.30 bits per heavy atom. The number of fused-ring (bicyclic) bond motifs is 1. The summed E-state index contributed by atoms with van der Waals surface area (Å²) in [4.78, 5) is 12.4. The van der Waals surface area contributed by atoms with Gasteiger partial charge in [0.05, 0.1) is 0 Å². The number of benzene rings is 2. The van der Waals surface area contributed by atoms with Gasteiger partial charge in [-0.15, -0.1) is 0 Å². The van der Waals surface area contributed by atoms with E-state index in [1.54, 1.807) is 0 Å². The molecule has 0 atom stereocenters. The quantitative estimate of drug-likeness (QED) is 0.882. The van der Waals surface area contributed by atoms with Gasteiger partial charge in [-0.2, -0.15) is 0 Å². The lowest BCUT2D eigenvalue weighted by Crippen LogP contribution is -2.23. The number of rotatable bonds is 2. The summed E-state index contributed by atoms with van der Waals surface area (Å²) in [5.41, 5.74) is 5.89. The first-order valence-electron chi connectivity index (χ1n) is 7.08. The molecule has 0 unspecified atom stereocenters. The van der Waals surface area contributed by atoms with E-state index in [0.717, 1.165) is 24.1 Å². The van der Waals surface area contributed by atoms with Gasteiger partial charge in [0.2, 0.25) is 5.91 Å². The van der Waals surface area contributed by atoms with Crippen LogP contribution in [0.4, 0.5) is 5.69 Å². The minimum atomic E-state index is 0.0631. The molecule has 2 aromatic carbocycles. The zero-order chi connectivity index (χ0) is 14.1. The van der Waals surface area contributed by atoms with Crippen LogP contribution < -0.4 is 5.32 Å². The molecule has 1 N–H and O–H groups in total. The number of carbonyl (C=O) groups excluding carboxylic acids is 1. The van der Waals surface area contributed by atoms with Crippen molar-refractivity contribution in [2.24, 2.45) is 5.92 Å². The molecule has 1 amide bonds. The van der Waals surface area contributed by atoms with Gasteiger partial charge in [0.15, 0.2) is 0 Å². The summed E-state index contributed by atoms with van der Waals surface area (Å²) in [5.74, 6) is 0.196. The monoisotopic (exact) mass is 265 g/mol. The topological polar surface area (TPSA) is 29.1 Å². The number of carbonyl (C=O) groups is 1. The number of aryl methyl sites for hydroxylation is 2. The number of hydrogen-bond acceptors (Lipinski definition) is 1. The molecular weight excluding hydrogens is 246 g/mol. The van der Waals surface area contributed by atoms with E-state index in [2.05, 4.69) is 30.4 Å². The van der Waals surface area contributed by atoms with E-state index in [4.69, 9.17) is 0 Å². The molecule has 0 radical (unpaired) electrons. The van der Waals surface area contributed by atoms with Crippen molar-refractivity contribution in [3.8, 4) is 0 Å². The molecule has 2 nitrogen and oxygen atoms in total. The fourth-order valence-corrected chi connectivity index (χ4v) is 2.93. The highest BCUT2D eigenvalue weighted by Crippen LogP contribution is 2.28. The highest BCUT2D eigenvalue weighted by Gasteiger charge is 2.27. The van der Waals surface area contributed by atoms with Crippen LogP contribution in [0.5, 0.6) is 0 Å². The largest absolute Gasteiger partial charge is 0.326 e. The molecule has 0 spiro atoms. The summed E-state index contributed by atoms with van der Waals surface area (Å²) >= 11 is 0. The lowest BCUT2D eigenvalue weighted by atomic mass is 10.0. The Labute approximate surface area is 119 Å². The van der Waals surface area contributed by atoms with Crippen molar-refractivity contribution in [1.82, 2.24) is 0 Å². The third-order valence-corrected chi connectivity index (χ3v) is 4.06. The van der Waals surface area contributed by atoms with Crippen molar-refractivity contribution in [1.29, 1.82) is 0 Å². The molecule has 1 aliphatic rings. The molecule has 2 aromatic rings. The minimum Gasteiger partial charge on any atom is -0.326 e. The predicted octanol–water partition coefficient (Wildman–Crippen LogP) is 3.66. The Morgan fingerprint density at radius 1 is 1.05 bits per heavy atom. The van der Waals surface area contributed by atoms with Crippen molar-refractivity contribution >= 4 is 11.6 Å². The van der Waals surface area contributed by atoms with Gasteiger partial charge in [0, 0.05) is 11.6 Å². The lowest BCUT2D eigenvalue weighted by molar-refractivity contribution is -0.119. The summed E-state index contributed by atoms with van der Waals surface area (Å²) < 4.78 is 0. The average molecular weight is 265 g/mol. The fraction of sp³-hybridized carbons (Fsp3) is 0.278. The predicted molar refractivity (Wildman–Crippen MR) is 81.9 cm³/mol. The lowest BCUT2D eigenvalue weighted by Gasteiger charge is -2.13. The molecule has 0 aromatic heterocycles. The van der Waals surface area contributed by atoms with Crippen LogP contribution in [0.15, 0.2) is 42.5 Å². The Bertz CT molecular complexity index is 635. The molecule has 1 aliphatic carbocycles. The number of anilines is 1. The van der Waals surface area contributed by atoms with Crippen LogP contribution >= 0.6 is 0 Å². The van der Waals surface area contributed by atoms with E-state index in [1.807, 2.05) is 31.2 Å². The van der Waals surface area contributed by atoms with Crippen LogP contribution in [0, 0.1) is 19.8 Å². The normalized spacial score (nSPS) is 14.1. The second-order valence-electron chi connectivity index (χ2n) is 5.68. The van der Waals surface area contributed by atoms with Crippen LogP contribution in [-0.2, 0) is 17.6 Å². The van der Waals surface area contributed by atoms with Crippen LogP contribution in [-0.4, -0.2) is 5.91 Å². The van der Waals surface area contributed by atoms with E-state index in [1.165, 1.54) is 16.7 Å². The Kier molecular flexibility index (Phi) is 3.31. The number of amides is 1. The maximum atomic E-state index is 12.4. The maximum absolute atomic E-state index is 12.4. The van der Waals surface area contributed by atoms with E-state index < -0.39 is 0 Å². The minimum absolute atomic E-state index is 0.0631. The number of nitrogens with one attached hydrogen (secondary N) is 1. The van der Waals surface area contributed by atoms with Crippen molar-refractivity contribution < 1.29 is 4.79 Å². The van der Waals surface area contributed by atoms with Crippen LogP contribution in [0.3, 0.4) is 0 Å². The maximum Gasteiger partial charge on any atom is 0.228 e. The van der Waals surface area contributed by atoms with E-state index in [-0.39, 0.29) is 11.8 Å². The van der Waals surface area contributed by atoms with Gasteiger partial charge < -0.3 is 5.32 Å². The van der Waals surface area contributed by atoms with E-state index in [0.29, 0.717) is 0 Å². The molecule has 20 heavy (non-hydrogen) atoms. The number of hydrogen-bond donors (Lipinski definition) is 1. The van der Waals surface area contributed by atoms with Gasteiger partial charge in [0.1, 0.15) is 0 Å². The Balaban J connectivity index is 1.72. The molecule has 102 valence electrons. The van der Waals surface area contributed by atoms with Crippen LogP contribution in [0.2, 0.25) is 0 Å². The standard InChI is InChI=1S/C18H19NO/c1-12-7-8-17(13(2)9-12)19-18(20)16-10-14-5-3-4-6-15(14)11-16/h3-9,16H,10-11H2,1-2H3,(H,19,20). The molecule has 0 fully saturated rings. The molecule has 0 heterocycles. The summed E-state index contributed by atoms with van der Waals surface area (Å²) in [6.07, 6.45) is 1.71. The fourth-order valence-electron chi connectivity index (χ4n) is 2.93. The van der Waals surface area contributed by atoms with Gasteiger partial charge >= 0.3 is 0 Å². The summed E-state index contributed by atoms with van der Waals surface area (Å²) in [6, 6.07) is 14.5.